The number of ether oxygens (including phenoxy) is 2. The van der Waals surface area contributed by atoms with E-state index in [1.807, 2.05) is 6.92 Å². The number of nitrogens with one attached hydrogen (secondary N) is 1. The minimum Gasteiger partial charge on any atom is -0.478 e. The van der Waals surface area contributed by atoms with Crippen molar-refractivity contribution in [2.24, 2.45) is 0 Å². The molecule has 7 heteroatoms. The minimum atomic E-state index is -1.04. The third kappa shape index (κ3) is 10.1. The van der Waals surface area contributed by atoms with Gasteiger partial charge < -0.3 is 14.6 Å². The molecule has 29 heavy (non-hydrogen) atoms. The predicted molar refractivity (Wildman–Crippen MR) is 118 cm³/mol. The van der Waals surface area contributed by atoms with Gasteiger partial charge in [-0.1, -0.05) is 52.4 Å². The number of unbranched alkanes of at least 4 members (excludes halogenated alkanes) is 5. The van der Waals surface area contributed by atoms with E-state index < -0.39 is 12.1 Å². The molecule has 2 unspecified atom stereocenters. The maximum absolute atomic E-state index is 12.0. The highest BCUT2D eigenvalue weighted by molar-refractivity contribution is 7.16. The van der Waals surface area contributed by atoms with E-state index in [0.29, 0.717) is 11.6 Å². The average molecular weight is 428 g/mol. The van der Waals surface area contributed by atoms with E-state index in [1.54, 1.807) is 13.2 Å². The number of aromatic carboxylic acids is 1. The fourth-order valence-electron chi connectivity index (χ4n) is 3.05. The Balaban J connectivity index is 2.51. The number of rotatable bonds is 15. The molecular formula is C22H37NO5S. The molecule has 0 spiro atoms. The Morgan fingerprint density at radius 2 is 1.79 bits per heavy atom. The normalized spacial score (nSPS) is 13.1. The summed E-state index contributed by atoms with van der Waals surface area (Å²) < 4.78 is 10.5. The summed E-state index contributed by atoms with van der Waals surface area (Å²) in [7, 11) is 1.70. The van der Waals surface area contributed by atoms with Crippen molar-refractivity contribution >= 4 is 28.4 Å². The number of anilines is 1. The second-order valence-corrected chi connectivity index (χ2v) is 8.69. The number of carboxylic acids is 1. The van der Waals surface area contributed by atoms with Crippen LogP contribution in [0.5, 0.6) is 0 Å². The Bertz CT molecular complexity index is 616. The molecule has 1 aromatic rings. The number of methoxy groups -OCH3 is 1. The summed E-state index contributed by atoms with van der Waals surface area (Å²) in [6.07, 6.45) is 9.22. The molecule has 166 valence electrons. The second-order valence-electron chi connectivity index (χ2n) is 7.60. The van der Waals surface area contributed by atoms with Gasteiger partial charge in [-0.05, 0) is 38.2 Å². The molecule has 0 bridgehead atoms. The molecule has 0 aliphatic heterocycles. The van der Waals surface area contributed by atoms with E-state index in [9.17, 15) is 14.7 Å². The number of carboxylic acid groups (broad SMARTS) is 1. The molecule has 0 radical (unpaired) electrons. The third-order valence-corrected chi connectivity index (χ3v) is 6.35. The Labute approximate surface area is 179 Å². The molecule has 0 saturated carbocycles. The third-order valence-electron chi connectivity index (χ3n) is 5.06. The van der Waals surface area contributed by atoms with Crippen molar-refractivity contribution < 1.29 is 24.2 Å². The number of amides is 1. The summed E-state index contributed by atoms with van der Waals surface area (Å²) in [4.78, 5) is 24.6. The standard InChI is InChI=1S/C22H37NO5S/c1-5-6-7-8-9-10-14-28-22(26)23-20-18(21(24)25)15-19(29-20)16(2)12-11-13-17(3)27-4/h15-17H,5-14H2,1-4H3,(H,23,26)(H,24,25). The van der Waals surface area contributed by atoms with Crippen molar-refractivity contribution in [3.05, 3.63) is 16.5 Å². The Morgan fingerprint density at radius 1 is 1.10 bits per heavy atom. The molecule has 1 heterocycles. The van der Waals surface area contributed by atoms with Gasteiger partial charge >= 0.3 is 12.1 Å². The van der Waals surface area contributed by atoms with Crippen LogP contribution in [0.4, 0.5) is 9.80 Å². The topological polar surface area (TPSA) is 84.9 Å². The molecule has 1 rings (SSSR count). The fourth-order valence-corrected chi connectivity index (χ4v) is 4.17. The van der Waals surface area contributed by atoms with Crippen molar-refractivity contribution in [1.29, 1.82) is 0 Å². The van der Waals surface area contributed by atoms with Gasteiger partial charge in [0.15, 0.2) is 0 Å². The summed E-state index contributed by atoms with van der Waals surface area (Å²) in [6, 6.07) is 1.67. The number of thiophene rings is 1. The summed E-state index contributed by atoms with van der Waals surface area (Å²) in [6.45, 7) is 6.65. The summed E-state index contributed by atoms with van der Waals surface area (Å²) in [5.41, 5.74) is 0.124. The molecule has 0 aromatic carbocycles. The first-order chi connectivity index (χ1) is 13.9. The first-order valence-corrected chi connectivity index (χ1v) is 11.5. The van der Waals surface area contributed by atoms with Crippen LogP contribution in [0, 0.1) is 0 Å². The van der Waals surface area contributed by atoms with E-state index >= 15 is 0 Å². The van der Waals surface area contributed by atoms with Crippen molar-refractivity contribution in [1.82, 2.24) is 0 Å². The lowest BCUT2D eigenvalue weighted by Crippen LogP contribution is -2.15. The number of carbonyl (C=O) groups excluding carboxylic acids is 1. The number of carbonyl (C=O) groups is 2. The zero-order chi connectivity index (χ0) is 21.6. The van der Waals surface area contributed by atoms with Crippen LogP contribution < -0.4 is 5.32 Å². The van der Waals surface area contributed by atoms with Crippen LogP contribution in [0.25, 0.3) is 0 Å². The van der Waals surface area contributed by atoms with Gasteiger partial charge in [0.2, 0.25) is 0 Å². The number of hydrogen-bond donors (Lipinski definition) is 2. The summed E-state index contributed by atoms with van der Waals surface area (Å²) in [5, 5.41) is 12.4. The molecule has 0 saturated heterocycles. The first kappa shape index (κ1) is 25.4. The van der Waals surface area contributed by atoms with Crippen LogP contribution in [0.3, 0.4) is 0 Å². The molecule has 0 aliphatic carbocycles. The van der Waals surface area contributed by atoms with Crippen LogP contribution in [0.15, 0.2) is 6.07 Å². The predicted octanol–water partition coefficient (Wildman–Crippen LogP) is 6.66. The highest BCUT2D eigenvalue weighted by Crippen LogP contribution is 2.35. The van der Waals surface area contributed by atoms with Gasteiger partial charge in [-0.25, -0.2) is 9.59 Å². The van der Waals surface area contributed by atoms with E-state index in [1.165, 1.54) is 30.6 Å². The van der Waals surface area contributed by atoms with Crippen LogP contribution in [-0.4, -0.2) is 37.0 Å². The highest BCUT2D eigenvalue weighted by atomic mass is 32.1. The zero-order valence-electron chi connectivity index (χ0n) is 18.3. The monoisotopic (exact) mass is 427 g/mol. The fraction of sp³-hybridized carbons (Fsp3) is 0.727. The van der Waals surface area contributed by atoms with Crippen LogP contribution in [-0.2, 0) is 9.47 Å². The highest BCUT2D eigenvalue weighted by Gasteiger charge is 2.20. The van der Waals surface area contributed by atoms with Gasteiger partial charge in [0.1, 0.15) is 5.00 Å². The summed E-state index contributed by atoms with van der Waals surface area (Å²) in [5.74, 6) is -0.823. The van der Waals surface area contributed by atoms with Gasteiger partial charge in [0, 0.05) is 12.0 Å². The number of hydrogen-bond acceptors (Lipinski definition) is 5. The second kappa shape index (κ2) is 14.4. The van der Waals surface area contributed by atoms with Gasteiger partial charge in [-0.2, -0.15) is 0 Å². The Hall–Kier alpha value is -1.60. The first-order valence-electron chi connectivity index (χ1n) is 10.7. The van der Waals surface area contributed by atoms with E-state index in [2.05, 4.69) is 19.2 Å². The maximum Gasteiger partial charge on any atom is 0.412 e. The SMILES string of the molecule is CCCCCCCCOC(=O)Nc1sc(C(C)CCCC(C)OC)cc1C(=O)O. The van der Waals surface area contributed by atoms with E-state index in [-0.39, 0.29) is 17.6 Å². The zero-order valence-corrected chi connectivity index (χ0v) is 19.1. The van der Waals surface area contributed by atoms with E-state index in [4.69, 9.17) is 9.47 Å². The molecular weight excluding hydrogens is 390 g/mol. The molecule has 0 aliphatic rings. The molecule has 2 N–H and O–H groups in total. The lowest BCUT2D eigenvalue weighted by atomic mass is 10.0. The Kier molecular flexibility index (Phi) is 12.6. The lowest BCUT2D eigenvalue weighted by Gasteiger charge is -2.12. The molecule has 0 fully saturated rings. The summed E-state index contributed by atoms with van der Waals surface area (Å²) >= 11 is 1.32. The molecule has 1 aromatic heterocycles. The van der Waals surface area contributed by atoms with Gasteiger partial charge in [0.05, 0.1) is 18.3 Å². The molecule has 6 nitrogen and oxygen atoms in total. The van der Waals surface area contributed by atoms with Gasteiger partial charge in [0.25, 0.3) is 0 Å². The van der Waals surface area contributed by atoms with Crippen molar-refractivity contribution in [3.8, 4) is 0 Å². The van der Waals surface area contributed by atoms with Gasteiger partial charge in [-0.15, -0.1) is 11.3 Å². The minimum absolute atomic E-state index is 0.124. The van der Waals surface area contributed by atoms with Crippen LogP contribution >= 0.6 is 11.3 Å². The van der Waals surface area contributed by atoms with Crippen molar-refractivity contribution in [2.45, 2.75) is 90.6 Å². The maximum atomic E-state index is 12.0. The lowest BCUT2D eigenvalue weighted by molar-refractivity contribution is 0.0698. The largest absolute Gasteiger partial charge is 0.478 e. The molecule has 2 atom stereocenters. The van der Waals surface area contributed by atoms with Crippen molar-refractivity contribution in [2.75, 3.05) is 19.0 Å². The van der Waals surface area contributed by atoms with Crippen LogP contribution in [0.2, 0.25) is 0 Å². The van der Waals surface area contributed by atoms with E-state index in [0.717, 1.165) is 43.4 Å². The van der Waals surface area contributed by atoms with Crippen LogP contribution in [0.1, 0.15) is 99.7 Å². The van der Waals surface area contributed by atoms with Crippen molar-refractivity contribution in [3.63, 3.8) is 0 Å². The quantitative estimate of drug-likeness (QED) is 0.306. The average Bonchev–Trinajstić information content (AvgIpc) is 3.11. The van der Waals surface area contributed by atoms with Gasteiger partial charge in [-0.3, -0.25) is 5.32 Å². The Morgan fingerprint density at radius 3 is 2.45 bits per heavy atom. The molecule has 1 amide bonds. The smallest absolute Gasteiger partial charge is 0.412 e.